The highest BCUT2D eigenvalue weighted by atomic mass is 35.5. The first-order valence-corrected chi connectivity index (χ1v) is 8.97. The molecule has 5 nitrogen and oxygen atoms in total. The summed E-state index contributed by atoms with van der Waals surface area (Å²) in [5.41, 5.74) is 0. The summed E-state index contributed by atoms with van der Waals surface area (Å²) in [6.45, 7) is 5.49. The summed E-state index contributed by atoms with van der Waals surface area (Å²) in [7, 11) is 1.82. The van der Waals surface area contributed by atoms with Crippen molar-refractivity contribution >= 4 is 29.3 Å². The Bertz CT molecular complexity index is 500. The normalized spacial score (nSPS) is 19.1. The van der Waals surface area contributed by atoms with E-state index in [0.29, 0.717) is 29.3 Å². The van der Waals surface area contributed by atoms with Gasteiger partial charge in [-0.1, -0.05) is 18.5 Å². The summed E-state index contributed by atoms with van der Waals surface area (Å²) in [4.78, 5) is 10.8. The maximum absolute atomic E-state index is 6.00. The standard InChI is InChI=1S/C15H23ClN4OS/c1-3-12-11-20(8-10-22-12)15(17-2)19-7-9-21-14-13(16)5-4-6-18-14/h4-6,12H,3,7-11H2,1-2H3,(H,17,19). The van der Waals surface area contributed by atoms with Crippen LogP contribution in [0, 0.1) is 0 Å². The zero-order valence-electron chi connectivity index (χ0n) is 13.1. The third-order valence-electron chi connectivity index (χ3n) is 3.45. The molecule has 122 valence electrons. The van der Waals surface area contributed by atoms with Crippen molar-refractivity contribution in [1.82, 2.24) is 15.2 Å². The van der Waals surface area contributed by atoms with Gasteiger partial charge in [-0.05, 0) is 18.6 Å². The zero-order valence-corrected chi connectivity index (χ0v) is 14.7. The van der Waals surface area contributed by atoms with Gasteiger partial charge >= 0.3 is 0 Å². The van der Waals surface area contributed by atoms with Gasteiger partial charge in [-0.3, -0.25) is 4.99 Å². The van der Waals surface area contributed by atoms with Crippen molar-refractivity contribution in [1.29, 1.82) is 0 Å². The number of thioether (sulfide) groups is 1. The van der Waals surface area contributed by atoms with E-state index in [-0.39, 0.29) is 0 Å². The van der Waals surface area contributed by atoms with E-state index in [1.54, 1.807) is 18.3 Å². The molecule has 1 aliphatic heterocycles. The Morgan fingerprint density at radius 1 is 1.64 bits per heavy atom. The lowest BCUT2D eigenvalue weighted by Crippen LogP contribution is -2.48. The molecular formula is C15H23ClN4OS. The minimum absolute atomic E-state index is 0.473. The fourth-order valence-corrected chi connectivity index (χ4v) is 3.64. The zero-order chi connectivity index (χ0) is 15.8. The Hall–Kier alpha value is -1.14. The highest BCUT2D eigenvalue weighted by Crippen LogP contribution is 2.21. The van der Waals surface area contributed by atoms with Gasteiger partial charge in [0.2, 0.25) is 5.88 Å². The van der Waals surface area contributed by atoms with Crippen molar-refractivity contribution in [3.05, 3.63) is 23.4 Å². The van der Waals surface area contributed by atoms with E-state index in [1.165, 1.54) is 6.42 Å². The van der Waals surface area contributed by atoms with Crippen molar-refractivity contribution in [3.8, 4) is 5.88 Å². The molecule has 0 saturated carbocycles. The van der Waals surface area contributed by atoms with E-state index < -0.39 is 0 Å². The Morgan fingerprint density at radius 2 is 2.50 bits per heavy atom. The smallest absolute Gasteiger partial charge is 0.232 e. The van der Waals surface area contributed by atoms with Crippen molar-refractivity contribution in [3.63, 3.8) is 0 Å². The fourth-order valence-electron chi connectivity index (χ4n) is 2.28. The number of aliphatic imine (C=N–C) groups is 1. The summed E-state index contributed by atoms with van der Waals surface area (Å²) in [6, 6.07) is 3.56. The molecule has 0 bridgehead atoms. The summed E-state index contributed by atoms with van der Waals surface area (Å²) >= 11 is 8.05. The number of halogens is 1. The molecule has 1 aromatic heterocycles. The molecule has 1 fully saturated rings. The van der Waals surface area contributed by atoms with E-state index in [2.05, 4.69) is 38.9 Å². The van der Waals surface area contributed by atoms with E-state index in [1.807, 2.05) is 7.05 Å². The van der Waals surface area contributed by atoms with Gasteiger partial charge in [-0.2, -0.15) is 11.8 Å². The van der Waals surface area contributed by atoms with Crippen molar-refractivity contribution in [2.75, 3.05) is 39.0 Å². The molecule has 1 N–H and O–H groups in total. The molecule has 1 aromatic rings. The van der Waals surface area contributed by atoms with Crippen LogP contribution >= 0.6 is 23.4 Å². The van der Waals surface area contributed by atoms with Gasteiger partial charge in [0.05, 0.1) is 6.54 Å². The quantitative estimate of drug-likeness (QED) is 0.506. The number of ether oxygens (including phenoxy) is 1. The monoisotopic (exact) mass is 342 g/mol. The number of rotatable bonds is 5. The molecule has 1 atom stereocenters. The number of pyridine rings is 1. The third kappa shape index (κ3) is 4.95. The summed E-state index contributed by atoms with van der Waals surface area (Å²) in [5.74, 6) is 2.56. The maximum Gasteiger partial charge on any atom is 0.232 e. The maximum atomic E-state index is 6.00. The van der Waals surface area contributed by atoms with Gasteiger partial charge in [-0.15, -0.1) is 0 Å². The Labute approximate surface area is 141 Å². The summed E-state index contributed by atoms with van der Waals surface area (Å²) < 4.78 is 5.58. The van der Waals surface area contributed by atoms with Gasteiger partial charge < -0.3 is 15.0 Å². The van der Waals surface area contributed by atoms with E-state index in [9.17, 15) is 0 Å². The van der Waals surface area contributed by atoms with Crippen LogP contribution < -0.4 is 10.1 Å². The molecule has 0 aromatic carbocycles. The second-order valence-corrected chi connectivity index (χ2v) is 6.78. The lowest BCUT2D eigenvalue weighted by atomic mass is 10.3. The molecule has 0 radical (unpaired) electrons. The number of nitrogens with one attached hydrogen (secondary N) is 1. The molecule has 2 heterocycles. The number of nitrogens with zero attached hydrogens (tertiary/aromatic N) is 3. The van der Waals surface area contributed by atoms with E-state index in [0.717, 1.165) is 24.8 Å². The SMILES string of the molecule is CCC1CN(C(=NC)NCCOc2ncccc2Cl)CCS1. The molecule has 0 spiro atoms. The predicted molar refractivity (Wildman–Crippen MR) is 94.2 cm³/mol. The highest BCUT2D eigenvalue weighted by Gasteiger charge is 2.21. The molecular weight excluding hydrogens is 320 g/mol. The first-order chi connectivity index (χ1) is 10.7. The van der Waals surface area contributed by atoms with Gasteiger partial charge in [-0.25, -0.2) is 4.98 Å². The Morgan fingerprint density at radius 3 is 3.23 bits per heavy atom. The number of hydrogen-bond acceptors (Lipinski definition) is 4. The molecule has 1 aliphatic rings. The van der Waals surface area contributed by atoms with Crippen LogP contribution in [-0.4, -0.2) is 60.1 Å². The fraction of sp³-hybridized carbons (Fsp3) is 0.600. The molecule has 1 unspecified atom stereocenters. The Balaban J connectivity index is 1.76. The molecule has 0 aliphatic carbocycles. The summed E-state index contributed by atoms with van der Waals surface area (Å²) in [5, 5.41) is 4.57. The molecule has 22 heavy (non-hydrogen) atoms. The second kappa shape index (κ2) is 9.10. The topological polar surface area (TPSA) is 49.8 Å². The number of aromatic nitrogens is 1. The van der Waals surface area contributed by atoms with Crippen molar-refractivity contribution < 1.29 is 4.74 Å². The van der Waals surface area contributed by atoms with E-state index in [4.69, 9.17) is 16.3 Å². The van der Waals surface area contributed by atoms with Crippen molar-refractivity contribution in [2.45, 2.75) is 18.6 Å². The second-order valence-electron chi connectivity index (χ2n) is 4.96. The van der Waals surface area contributed by atoms with Crippen LogP contribution in [0.5, 0.6) is 5.88 Å². The Kier molecular flexibility index (Phi) is 7.12. The van der Waals surface area contributed by atoms with Crippen molar-refractivity contribution in [2.24, 2.45) is 4.99 Å². The van der Waals surface area contributed by atoms with Gasteiger partial charge in [0.1, 0.15) is 11.6 Å². The lowest BCUT2D eigenvalue weighted by Gasteiger charge is -2.34. The van der Waals surface area contributed by atoms with Gasteiger partial charge in [0, 0.05) is 37.3 Å². The molecule has 2 rings (SSSR count). The number of hydrogen-bond donors (Lipinski definition) is 1. The van der Waals surface area contributed by atoms with Crippen LogP contribution in [0.1, 0.15) is 13.3 Å². The minimum Gasteiger partial charge on any atom is -0.475 e. The highest BCUT2D eigenvalue weighted by molar-refractivity contribution is 8.00. The van der Waals surface area contributed by atoms with Crippen LogP contribution in [0.2, 0.25) is 5.02 Å². The lowest BCUT2D eigenvalue weighted by molar-refractivity contribution is 0.306. The molecule has 7 heteroatoms. The van der Waals surface area contributed by atoms with Crippen LogP contribution in [0.3, 0.4) is 0 Å². The first kappa shape index (κ1) is 17.2. The largest absolute Gasteiger partial charge is 0.475 e. The van der Waals surface area contributed by atoms with Crippen LogP contribution in [0.25, 0.3) is 0 Å². The van der Waals surface area contributed by atoms with Gasteiger partial charge in [0.25, 0.3) is 0 Å². The van der Waals surface area contributed by atoms with Gasteiger partial charge in [0.15, 0.2) is 5.96 Å². The third-order valence-corrected chi connectivity index (χ3v) is 5.11. The summed E-state index contributed by atoms with van der Waals surface area (Å²) in [6.07, 6.45) is 2.86. The number of guanidine groups is 1. The average molecular weight is 343 g/mol. The molecule has 1 saturated heterocycles. The van der Waals surface area contributed by atoms with Crippen LogP contribution in [-0.2, 0) is 0 Å². The van der Waals surface area contributed by atoms with Crippen LogP contribution in [0.15, 0.2) is 23.3 Å². The molecule has 0 amide bonds. The van der Waals surface area contributed by atoms with Crippen LogP contribution in [0.4, 0.5) is 0 Å². The predicted octanol–water partition coefficient (Wildman–Crippen LogP) is 2.52. The first-order valence-electron chi connectivity index (χ1n) is 7.55. The van der Waals surface area contributed by atoms with E-state index >= 15 is 0 Å². The average Bonchev–Trinajstić information content (AvgIpc) is 2.56. The minimum atomic E-state index is 0.473.